The molecule has 1 atom stereocenters. The van der Waals surface area contributed by atoms with Crippen molar-refractivity contribution < 1.29 is 28.6 Å². The highest BCUT2D eigenvalue weighted by Gasteiger charge is 2.34. The normalized spacial score (nSPS) is 14.4. The van der Waals surface area contributed by atoms with Gasteiger partial charge in [0.05, 0.1) is 6.54 Å². The number of carbonyl (C=O) groups is 3. The summed E-state index contributed by atoms with van der Waals surface area (Å²) in [5.74, 6) is -0.677. The van der Waals surface area contributed by atoms with Gasteiger partial charge in [0, 0.05) is 6.42 Å². The molecule has 0 spiro atoms. The van der Waals surface area contributed by atoms with E-state index in [1.54, 1.807) is 0 Å². The molecule has 1 saturated heterocycles. The Balaban J connectivity index is 1.67. The SMILES string of the molecule is O=C(OCc1ccccc1)[C@H](Cc1ccccc1)OC(=O)N1CCOC1=O. The molecule has 7 heteroatoms. The fraction of sp³-hybridized carbons (Fsp3) is 0.250. The van der Waals surface area contributed by atoms with Gasteiger partial charge in [-0.1, -0.05) is 60.7 Å². The second-order valence-electron chi connectivity index (χ2n) is 5.92. The van der Waals surface area contributed by atoms with Crippen LogP contribution in [0, 0.1) is 0 Å². The van der Waals surface area contributed by atoms with E-state index < -0.39 is 24.3 Å². The van der Waals surface area contributed by atoms with Crippen LogP contribution in [-0.4, -0.2) is 42.3 Å². The maximum absolute atomic E-state index is 12.5. The summed E-state index contributed by atoms with van der Waals surface area (Å²) in [5, 5.41) is 0. The van der Waals surface area contributed by atoms with E-state index in [-0.39, 0.29) is 26.2 Å². The topological polar surface area (TPSA) is 82.1 Å². The molecular formula is C20H19NO6. The van der Waals surface area contributed by atoms with E-state index >= 15 is 0 Å². The highest BCUT2D eigenvalue weighted by atomic mass is 16.6. The summed E-state index contributed by atoms with van der Waals surface area (Å²) in [5.41, 5.74) is 1.62. The molecule has 1 fully saturated rings. The van der Waals surface area contributed by atoms with E-state index in [1.165, 1.54) is 0 Å². The molecule has 27 heavy (non-hydrogen) atoms. The van der Waals surface area contributed by atoms with Crippen LogP contribution in [0.4, 0.5) is 9.59 Å². The van der Waals surface area contributed by atoms with Crippen molar-refractivity contribution in [3.05, 3.63) is 71.8 Å². The molecular weight excluding hydrogens is 350 g/mol. The molecule has 2 amide bonds. The second-order valence-corrected chi connectivity index (χ2v) is 5.92. The fourth-order valence-corrected chi connectivity index (χ4v) is 2.57. The Labute approximate surface area is 156 Å². The number of esters is 1. The smallest absolute Gasteiger partial charge is 0.420 e. The minimum absolute atomic E-state index is 0.0638. The summed E-state index contributed by atoms with van der Waals surface area (Å²) >= 11 is 0. The van der Waals surface area contributed by atoms with Crippen LogP contribution in [0.2, 0.25) is 0 Å². The van der Waals surface area contributed by atoms with Crippen LogP contribution in [0.5, 0.6) is 0 Å². The molecule has 0 bridgehead atoms. The van der Waals surface area contributed by atoms with Crippen molar-refractivity contribution in [1.29, 1.82) is 0 Å². The van der Waals surface area contributed by atoms with Crippen molar-refractivity contribution >= 4 is 18.2 Å². The molecule has 1 heterocycles. The first-order valence-corrected chi connectivity index (χ1v) is 8.53. The summed E-state index contributed by atoms with van der Waals surface area (Å²) in [6.07, 6.45) is -2.73. The fourth-order valence-electron chi connectivity index (χ4n) is 2.57. The lowest BCUT2D eigenvalue weighted by atomic mass is 10.1. The van der Waals surface area contributed by atoms with Crippen molar-refractivity contribution in [2.45, 2.75) is 19.1 Å². The van der Waals surface area contributed by atoms with Gasteiger partial charge >= 0.3 is 18.2 Å². The maximum atomic E-state index is 12.5. The van der Waals surface area contributed by atoms with Crippen molar-refractivity contribution in [1.82, 2.24) is 4.90 Å². The van der Waals surface area contributed by atoms with Crippen LogP contribution in [0.15, 0.2) is 60.7 Å². The number of rotatable bonds is 6. The number of benzene rings is 2. The lowest BCUT2D eigenvalue weighted by Gasteiger charge is -2.19. The highest BCUT2D eigenvalue weighted by Crippen LogP contribution is 2.13. The monoisotopic (exact) mass is 369 g/mol. The lowest BCUT2D eigenvalue weighted by molar-refractivity contribution is -0.155. The Morgan fingerprint density at radius 3 is 2.22 bits per heavy atom. The number of nitrogens with zero attached hydrogens (tertiary/aromatic N) is 1. The van der Waals surface area contributed by atoms with Gasteiger partial charge in [-0.15, -0.1) is 0 Å². The minimum atomic E-state index is -1.17. The van der Waals surface area contributed by atoms with E-state index in [0.717, 1.165) is 16.0 Å². The first-order chi connectivity index (χ1) is 13.1. The van der Waals surface area contributed by atoms with Crippen LogP contribution in [0.1, 0.15) is 11.1 Å². The molecule has 3 rings (SSSR count). The van der Waals surface area contributed by atoms with E-state index in [2.05, 4.69) is 0 Å². The van der Waals surface area contributed by atoms with Gasteiger partial charge in [0.2, 0.25) is 6.10 Å². The molecule has 1 aliphatic heterocycles. The number of carbonyl (C=O) groups excluding carboxylic acids is 3. The largest absolute Gasteiger partial charge is 0.458 e. The molecule has 1 aliphatic rings. The van der Waals surface area contributed by atoms with Gasteiger partial charge < -0.3 is 14.2 Å². The zero-order chi connectivity index (χ0) is 19.1. The van der Waals surface area contributed by atoms with Gasteiger partial charge in [-0.05, 0) is 11.1 Å². The zero-order valence-electron chi connectivity index (χ0n) is 14.6. The van der Waals surface area contributed by atoms with Crippen molar-refractivity contribution in [3.63, 3.8) is 0 Å². The third-order valence-electron chi connectivity index (χ3n) is 3.98. The predicted octanol–water partition coefficient (Wildman–Crippen LogP) is 2.93. The van der Waals surface area contributed by atoms with Crippen LogP contribution in [0.25, 0.3) is 0 Å². The molecule has 0 unspecified atom stereocenters. The molecule has 0 aromatic heterocycles. The van der Waals surface area contributed by atoms with Gasteiger partial charge in [-0.25, -0.2) is 19.3 Å². The molecule has 0 radical (unpaired) electrons. The van der Waals surface area contributed by atoms with Gasteiger partial charge in [0.1, 0.15) is 13.2 Å². The maximum Gasteiger partial charge on any atom is 0.420 e. The minimum Gasteiger partial charge on any atom is -0.458 e. The quantitative estimate of drug-likeness (QED) is 0.575. The van der Waals surface area contributed by atoms with Crippen LogP contribution >= 0.6 is 0 Å². The predicted molar refractivity (Wildman–Crippen MR) is 94.7 cm³/mol. The van der Waals surface area contributed by atoms with E-state index in [0.29, 0.717) is 0 Å². The van der Waals surface area contributed by atoms with Gasteiger partial charge in [0.25, 0.3) is 0 Å². The average molecular weight is 369 g/mol. The van der Waals surface area contributed by atoms with Crippen LogP contribution in [0.3, 0.4) is 0 Å². The van der Waals surface area contributed by atoms with Crippen LogP contribution < -0.4 is 0 Å². The van der Waals surface area contributed by atoms with E-state index in [9.17, 15) is 14.4 Å². The summed E-state index contributed by atoms with van der Waals surface area (Å²) in [6.45, 7) is 0.263. The second kappa shape index (κ2) is 8.84. The Morgan fingerprint density at radius 1 is 1.00 bits per heavy atom. The van der Waals surface area contributed by atoms with Gasteiger partial charge in [-0.3, -0.25) is 0 Å². The summed E-state index contributed by atoms with van der Waals surface area (Å²) in [4.78, 5) is 37.1. The van der Waals surface area contributed by atoms with Gasteiger partial charge in [-0.2, -0.15) is 0 Å². The third-order valence-corrected chi connectivity index (χ3v) is 3.98. The number of hydrogen-bond acceptors (Lipinski definition) is 6. The Kier molecular flexibility index (Phi) is 6.04. The first-order valence-electron chi connectivity index (χ1n) is 8.53. The molecule has 0 N–H and O–H groups in total. The molecule has 0 saturated carbocycles. The third kappa shape index (κ3) is 5.07. The Bertz CT molecular complexity index is 793. The standard InChI is InChI=1S/C20H19NO6/c22-18(26-14-16-9-5-2-6-10-16)17(13-15-7-3-1-4-8-15)27-20(24)21-11-12-25-19(21)23/h1-10,17H,11-14H2/t17-/m0/s1. The molecule has 7 nitrogen and oxygen atoms in total. The average Bonchev–Trinajstić information content (AvgIpc) is 3.13. The van der Waals surface area contributed by atoms with Crippen molar-refractivity contribution in [3.8, 4) is 0 Å². The lowest BCUT2D eigenvalue weighted by Crippen LogP contribution is -2.39. The van der Waals surface area contributed by atoms with Crippen LogP contribution in [-0.2, 0) is 32.0 Å². The van der Waals surface area contributed by atoms with E-state index in [4.69, 9.17) is 14.2 Å². The number of hydrogen-bond donors (Lipinski definition) is 0. The zero-order valence-corrected chi connectivity index (χ0v) is 14.6. The molecule has 2 aromatic carbocycles. The van der Waals surface area contributed by atoms with E-state index in [1.807, 2.05) is 60.7 Å². The molecule has 0 aliphatic carbocycles. The highest BCUT2D eigenvalue weighted by molar-refractivity contribution is 5.90. The molecule has 140 valence electrons. The summed E-state index contributed by atoms with van der Waals surface area (Å²) in [7, 11) is 0. The number of imide groups is 1. The summed E-state index contributed by atoms with van der Waals surface area (Å²) < 4.78 is 15.3. The number of amides is 2. The van der Waals surface area contributed by atoms with Crippen molar-refractivity contribution in [2.24, 2.45) is 0 Å². The number of cyclic esters (lactones) is 1. The first kappa shape index (κ1) is 18.4. The van der Waals surface area contributed by atoms with Crippen molar-refractivity contribution in [2.75, 3.05) is 13.2 Å². The number of ether oxygens (including phenoxy) is 3. The van der Waals surface area contributed by atoms with Gasteiger partial charge in [0.15, 0.2) is 0 Å². The Hall–Kier alpha value is -3.35. The Morgan fingerprint density at radius 2 is 1.63 bits per heavy atom. The summed E-state index contributed by atoms with van der Waals surface area (Å²) in [6, 6.07) is 18.3. The molecule has 2 aromatic rings.